The minimum Gasteiger partial charge on any atom is -0.340 e. The van der Waals surface area contributed by atoms with Gasteiger partial charge in [0.1, 0.15) is 0 Å². The quantitative estimate of drug-likeness (QED) is 0.234. The first-order chi connectivity index (χ1) is 11.9. The first kappa shape index (κ1) is 15.0. The summed E-state index contributed by atoms with van der Waals surface area (Å²) in [7, 11) is 0. The summed E-state index contributed by atoms with van der Waals surface area (Å²) in [6, 6.07) is 24.6. The van der Waals surface area contributed by atoms with E-state index >= 15 is 0 Å². The maximum absolute atomic E-state index is 4.92. The van der Waals surface area contributed by atoms with Crippen LogP contribution < -0.4 is 0 Å². The molecule has 2 nitrogen and oxygen atoms in total. The summed E-state index contributed by atoms with van der Waals surface area (Å²) in [5, 5.41) is 4.85. The molecule has 0 unspecified atom stereocenters. The van der Waals surface area contributed by atoms with Crippen molar-refractivity contribution in [3.05, 3.63) is 72.9 Å². The second kappa shape index (κ2) is 5.37. The van der Waals surface area contributed by atoms with Crippen molar-refractivity contribution in [3.8, 4) is 0 Å². The summed E-state index contributed by atoms with van der Waals surface area (Å²) in [4.78, 5) is 4.92. The number of benzene rings is 3. The van der Waals surface area contributed by atoms with Gasteiger partial charge in [0.15, 0.2) is 0 Å². The van der Waals surface area contributed by atoms with Gasteiger partial charge in [0.05, 0.1) is 16.7 Å². The number of hydrogen-bond acceptors (Lipinski definition) is 2. The Bertz CT molecular complexity index is 1410. The Morgan fingerprint density at radius 3 is 2.80 bits per heavy atom. The second-order valence-corrected chi connectivity index (χ2v) is 7.14. The molecule has 3 aromatic carbocycles. The fourth-order valence-corrected chi connectivity index (χ4v) is 4.70. The number of pyridine rings is 1. The third kappa shape index (κ3) is 2.02. The van der Waals surface area contributed by atoms with E-state index in [2.05, 4.69) is 65.2 Å². The van der Waals surface area contributed by atoms with E-state index in [1.807, 2.05) is 23.5 Å². The van der Waals surface area contributed by atoms with Crippen LogP contribution in [0, 0.1) is 6.07 Å². The molecule has 0 saturated heterocycles. The van der Waals surface area contributed by atoms with Crippen molar-refractivity contribution < 1.29 is 20.1 Å². The average Bonchev–Trinajstić information content (AvgIpc) is 3.17. The van der Waals surface area contributed by atoms with Crippen molar-refractivity contribution in [2.45, 2.75) is 0 Å². The van der Waals surface area contributed by atoms with Crippen molar-refractivity contribution >= 4 is 59.0 Å². The minimum absolute atomic E-state index is 0. The molecule has 3 aromatic heterocycles. The SMILES string of the molecule is [Ir].[c-]1cccc2ccn3c4cc5sc6ccccc6c5cc4nc3c12. The largest absolute Gasteiger partial charge is 0.340 e. The van der Waals surface area contributed by atoms with Gasteiger partial charge < -0.3 is 4.40 Å². The standard InChI is InChI=1S/C21H11N2S.Ir/c1-2-6-14-13(5-1)9-10-23-18-12-20-16(11-17(18)22-21(14)23)15-7-3-4-8-19(15)24-20;/h1-5,7-12H;/q-1;. The van der Waals surface area contributed by atoms with E-state index in [0.29, 0.717) is 0 Å². The van der Waals surface area contributed by atoms with Gasteiger partial charge in [-0.1, -0.05) is 24.3 Å². The Hall–Kier alpha value is -2.26. The predicted octanol–water partition coefficient (Wildman–Crippen LogP) is 5.81. The molecule has 0 fully saturated rings. The van der Waals surface area contributed by atoms with Gasteiger partial charge in [0.25, 0.3) is 0 Å². The summed E-state index contributed by atoms with van der Waals surface area (Å²) in [6.45, 7) is 0. The molecule has 6 rings (SSSR count). The van der Waals surface area contributed by atoms with Crippen LogP contribution in [0.5, 0.6) is 0 Å². The van der Waals surface area contributed by atoms with E-state index in [1.54, 1.807) is 0 Å². The zero-order chi connectivity index (χ0) is 15.7. The van der Waals surface area contributed by atoms with Crippen LogP contribution in [0.2, 0.25) is 0 Å². The van der Waals surface area contributed by atoms with E-state index in [0.717, 1.165) is 22.1 Å². The Balaban J connectivity index is 0.00000140. The molecule has 6 aromatic rings. The van der Waals surface area contributed by atoms with E-state index < -0.39 is 0 Å². The minimum atomic E-state index is 0. The number of fused-ring (bicyclic) bond motifs is 8. The number of rotatable bonds is 0. The van der Waals surface area contributed by atoms with Crippen LogP contribution in [0.25, 0.3) is 47.6 Å². The van der Waals surface area contributed by atoms with Crippen LogP contribution >= 0.6 is 11.3 Å². The Morgan fingerprint density at radius 2 is 1.84 bits per heavy atom. The molecule has 25 heavy (non-hydrogen) atoms. The van der Waals surface area contributed by atoms with Gasteiger partial charge >= 0.3 is 0 Å². The summed E-state index contributed by atoms with van der Waals surface area (Å²) in [5.74, 6) is 0. The van der Waals surface area contributed by atoms with Gasteiger partial charge in [-0.05, 0) is 24.4 Å². The van der Waals surface area contributed by atoms with Crippen LogP contribution in [0.15, 0.2) is 66.9 Å². The molecule has 1 radical (unpaired) electrons. The number of aromatic nitrogens is 2. The molecule has 0 amide bonds. The van der Waals surface area contributed by atoms with E-state index in [9.17, 15) is 0 Å². The third-order valence-corrected chi connectivity index (χ3v) is 5.84. The van der Waals surface area contributed by atoms with Crippen LogP contribution in [0.1, 0.15) is 0 Å². The van der Waals surface area contributed by atoms with E-state index in [4.69, 9.17) is 4.98 Å². The topological polar surface area (TPSA) is 17.3 Å². The van der Waals surface area contributed by atoms with Gasteiger partial charge in [-0.15, -0.1) is 46.4 Å². The molecule has 121 valence electrons. The normalized spacial score (nSPS) is 11.7. The fraction of sp³-hybridized carbons (Fsp3) is 0. The number of thiophene rings is 1. The molecular weight excluding hydrogens is 505 g/mol. The molecular formula is C21H11IrN2S-. The fourth-order valence-electron chi connectivity index (χ4n) is 3.58. The van der Waals surface area contributed by atoms with E-state index in [-0.39, 0.29) is 20.1 Å². The Kier molecular flexibility index (Phi) is 3.23. The molecule has 0 N–H and O–H groups in total. The number of hydrogen-bond donors (Lipinski definition) is 0. The van der Waals surface area contributed by atoms with E-state index in [1.165, 1.54) is 25.6 Å². The smallest absolute Gasteiger partial charge is 0.0781 e. The molecule has 3 heterocycles. The number of nitrogens with zero attached hydrogens (tertiary/aromatic N) is 2. The molecule has 0 bridgehead atoms. The molecule has 4 heteroatoms. The van der Waals surface area contributed by atoms with Crippen LogP contribution in [-0.4, -0.2) is 9.38 Å². The monoisotopic (exact) mass is 516 g/mol. The van der Waals surface area contributed by atoms with Crippen LogP contribution in [0.3, 0.4) is 0 Å². The molecule has 0 aliphatic carbocycles. The van der Waals surface area contributed by atoms with Crippen molar-refractivity contribution in [3.63, 3.8) is 0 Å². The first-order valence-electron chi connectivity index (χ1n) is 7.91. The summed E-state index contributed by atoms with van der Waals surface area (Å²) in [6.07, 6.45) is 2.11. The summed E-state index contributed by atoms with van der Waals surface area (Å²) >= 11 is 1.84. The Morgan fingerprint density at radius 1 is 0.920 bits per heavy atom. The van der Waals surface area contributed by atoms with Crippen molar-refractivity contribution in [2.24, 2.45) is 0 Å². The maximum atomic E-state index is 4.92. The summed E-state index contributed by atoms with van der Waals surface area (Å²) < 4.78 is 4.81. The van der Waals surface area contributed by atoms with Crippen molar-refractivity contribution in [2.75, 3.05) is 0 Å². The predicted molar refractivity (Wildman–Crippen MR) is 102 cm³/mol. The van der Waals surface area contributed by atoms with Gasteiger partial charge in [0, 0.05) is 40.3 Å². The van der Waals surface area contributed by atoms with Gasteiger partial charge in [-0.2, -0.15) is 0 Å². The molecule has 0 saturated carbocycles. The average molecular weight is 516 g/mol. The van der Waals surface area contributed by atoms with Gasteiger partial charge in [0.2, 0.25) is 0 Å². The molecule has 0 aliphatic rings. The Labute approximate surface area is 161 Å². The molecule has 0 spiro atoms. The summed E-state index contributed by atoms with van der Waals surface area (Å²) in [5.41, 5.74) is 3.17. The second-order valence-electron chi connectivity index (χ2n) is 6.06. The van der Waals surface area contributed by atoms with Gasteiger partial charge in [-0.3, -0.25) is 4.98 Å². The zero-order valence-corrected chi connectivity index (χ0v) is 16.2. The van der Waals surface area contributed by atoms with Gasteiger partial charge in [-0.25, -0.2) is 0 Å². The van der Waals surface area contributed by atoms with Crippen LogP contribution in [0.4, 0.5) is 0 Å². The zero-order valence-electron chi connectivity index (χ0n) is 13.0. The molecule has 0 atom stereocenters. The maximum Gasteiger partial charge on any atom is 0.0781 e. The first-order valence-corrected chi connectivity index (χ1v) is 8.73. The van der Waals surface area contributed by atoms with Crippen LogP contribution in [-0.2, 0) is 20.1 Å². The van der Waals surface area contributed by atoms with Crippen molar-refractivity contribution in [1.82, 2.24) is 9.38 Å². The number of imidazole rings is 1. The third-order valence-electron chi connectivity index (χ3n) is 4.70. The molecule has 0 aliphatic heterocycles. The van der Waals surface area contributed by atoms with Crippen molar-refractivity contribution in [1.29, 1.82) is 0 Å².